The number of fused-ring (bicyclic) bond motifs is 1. The third-order valence-electron chi connectivity index (χ3n) is 3.16. The van der Waals surface area contributed by atoms with Gasteiger partial charge in [0.2, 0.25) is 0 Å². The monoisotopic (exact) mass is 244 g/mol. The smallest absolute Gasteiger partial charge is 0.265 e. The van der Waals surface area contributed by atoms with Crippen molar-refractivity contribution in [2.45, 2.75) is 13.0 Å². The molecule has 1 aliphatic rings. The van der Waals surface area contributed by atoms with Gasteiger partial charge in [-0.2, -0.15) is 4.98 Å². The van der Waals surface area contributed by atoms with Gasteiger partial charge in [-0.15, -0.1) is 0 Å². The summed E-state index contributed by atoms with van der Waals surface area (Å²) in [5.41, 5.74) is 3.71. The molecule has 0 saturated carbocycles. The minimum atomic E-state index is 0.576. The Morgan fingerprint density at radius 3 is 2.94 bits per heavy atom. The van der Waals surface area contributed by atoms with Gasteiger partial charge >= 0.3 is 0 Å². The lowest BCUT2D eigenvalue weighted by atomic mass is 9.98. The largest absolute Gasteiger partial charge is 0.344 e. The first-order valence-corrected chi connectivity index (χ1v) is 6.08. The molecule has 3 rings (SSSR count). The van der Waals surface area contributed by atoms with Crippen LogP contribution in [0.4, 0.5) is 5.95 Å². The van der Waals surface area contributed by atoms with Crippen LogP contribution in [0, 0.1) is 0 Å². The number of nitrogens with one attached hydrogen (secondary N) is 1. The van der Waals surface area contributed by atoms with Gasteiger partial charge in [0.05, 0.1) is 0 Å². The quantitative estimate of drug-likeness (QED) is 0.866. The molecule has 0 radical (unpaired) electrons. The van der Waals surface area contributed by atoms with Crippen LogP contribution in [-0.2, 0) is 13.0 Å². The van der Waals surface area contributed by atoms with E-state index >= 15 is 0 Å². The summed E-state index contributed by atoms with van der Waals surface area (Å²) in [6.07, 6.45) is 1.09. The van der Waals surface area contributed by atoms with Crippen LogP contribution in [0.5, 0.6) is 0 Å². The normalized spacial score (nSPS) is 14.3. The molecule has 18 heavy (non-hydrogen) atoms. The fraction of sp³-hybridized carbons (Fsp3) is 0.385. The van der Waals surface area contributed by atoms with Gasteiger partial charge < -0.3 is 14.7 Å². The van der Waals surface area contributed by atoms with Crippen LogP contribution in [0.15, 0.2) is 22.7 Å². The first-order valence-electron chi connectivity index (χ1n) is 6.08. The van der Waals surface area contributed by atoms with Gasteiger partial charge in [0, 0.05) is 26.2 Å². The second-order valence-electron chi connectivity index (χ2n) is 4.70. The second-order valence-corrected chi connectivity index (χ2v) is 4.70. The summed E-state index contributed by atoms with van der Waals surface area (Å²) in [5.74, 6) is 1.17. The predicted molar refractivity (Wildman–Crippen MR) is 69.5 cm³/mol. The van der Waals surface area contributed by atoms with Gasteiger partial charge in [0.1, 0.15) is 0 Å². The van der Waals surface area contributed by atoms with Crippen molar-refractivity contribution in [2.24, 2.45) is 0 Å². The van der Waals surface area contributed by atoms with Crippen molar-refractivity contribution in [3.63, 3.8) is 0 Å². The number of benzene rings is 1. The first kappa shape index (κ1) is 11.2. The number of hydrogen-bond donors (Lipinski definition) is 1. The molecule has 0 amide bonds. The molecule has 0 unspecified atom stereocenters. The molecular formula is C13H16N4O. The Hall–Kier alpha value is -1.88. The fourth-order valence-electron chi connectivity index (χ4n) is 2.13. The molecule has 0 saturated heterocycles. The molecule has 0 spiro atoms. The molecule has 0 atom stereocenters. The lowest BCUT2D eigenvalue weighted by Crippen LogP contribution is -2.23. The lowest BCUT2D eigenvalue weighted by Gasteiger charge is -2.17. The molecule has 2 heterocycles. The molecule has 1 aromatic heterocycles. The predicted octanol–water partition coefficient (Wildman–Crippen LogP) is 1.45. The average Bonchev–Trinajstić information content (AvgIpc) is 2.88. The van der Waals surface area contributed by atoms with Crippen LogP contribution in [-0.4, -0.2) is 30.8 Å². The van der Waals surface area contributed by atoms with Gasteiger partial charge in [-0.25, -0.2) is 0 Å². The molecule has 0 bridgehead atoms. The van der Waals surface area contributed by atoms with E-state index in [9.17, 15) is 0 Å². The minimum Gasteiger partial charge on any atom is -0.344 e. The van der Waals surface area contributed by atoms with E-state index in [1.54, 1.807) is 0 Å². The van der Waals surface area contributed by atoms with Crippen LogP contribution in [0.3, 0.4) is 0 Å². The molecule has 94 valence electrons. The average molecular weight is 244 g/mol. The van der Waals surface area contributed by atoms with E-state index in [1.807, 2.05) is 19.0 Å². The Morgan fingerprint density at radius 2 is 2.17 bits per heavy atom. The van der Waals surface area contributed by atoms with Gasteiger partial charge in [0.25, 0.3) is 11.8 Å². The van der Waals surface area contributed by atoms with E-state index in [0.717, 1.165) is 25.1 Å². The van der Waals surface area contributed by atoms with Crippen molar-refractivity contribution in [3.8, 4) is 11.5 Å². The topological polar surface area (TPSA) is 54.2 Å². The minimum absolute atomic E-state index is 0.576. The molecule has 5 heteroatoms. The van der Waals surface area contributed by atoms with Gasteiger partial charge in [0.15, 0.2) is 0 Å². The van der Waals surface area contributed by atoms with E-state index < -0.39 is 0 Å². The van der Waals surface area contributed by atoms with E-state index in [-0.39, 0.29) is 0 Å². The van der Waals surface area contributed by atoms with Crippen molar-refractivity contribution in [1.29, 1.82) is 0 Å². The highest BCUT2D eigenvalue weighted by Gasteiger charge is 2.14. The Kier molecular flexibility index (Phi) is 2.76. The zero-order valence-corrected chi connectivity index (χ0v) is 10.6. The van der Waals surface area contributed by atoms with E-state index in [0.29, 0.717) is 11.8 Å². The summed E-state index contributed by atoms with van der Waals surface area (Å²) in [6.45, 7) is 1.97. The van der Waals surface area contributed by atoms with Gasteiger partial charge in [-0.1, -0.05) is 6.07 Å². The van der Waals surface area contributed by atoms with Crippen LogP contribution < -0.4 is 10.2 Å². The van der Waals surface area contributed by atoms with Crippen molar-refractivity contribution < 1.29 is 4.52 Å². The van der Waals surface area contributed by atoms with Crippen LogP contribution in [0.25, 0.3) is 11.5 Å². The fourth-order valence-corrected chi connectivity index (χ4v) is 2.13. The van der Waals surface area contributed by atoms with Crippen LogP contribution >= 0.6 is 0 Å². The van der Waals surface area contributed by atoms with E-state index in [2.05, 4.69) is 33.7 Å². The zero-order valence-electron chi connectivity index (χ0n) is 10.6. The number of anilines is 1. The molecule has 2 aromatic rings. The summed E-state index contributed by atoms with van der Waals surface area (Å²) in [4.78, 5) is 6.18. The standard InChI is InChI=1S/C13H16N4O/c1-17(2)13-15-12(18-16-13)10-4-3-9-5-6-14-8-11(9)7-10/h3-4,7,14H,5-6,8H2,1-2H3. The summed E-state index contributed by atoms with van der Waals surface area (Å²) in [6, 6.07) is 6.34. The number of nitrogens with zero attached hydrogens (tertiary/aromatic N) is 3. The van der Waals surface area contributed by atoms with Crippen molar-refractivity contribution >= 4 is 5.95 Å². The Balaban J connectivity index is 1.95. The molecular weight excluding hydrogens is 228 g/mol. The maximum Gasteiger partial charge on any atom is 0.265 e. The maximum absolute atomic E-state index is 5.28. The van der Waals surface area contributed by atoms with Gasteiger partial charge in [-0.3, -0.25) is 0 Å². The number of rotatable bonds is 2. The summed E-state index contributed by atoms with van der Waals surface area (Å²) >= 11 is 0. The van der Waals surface area contributed by atoms with Gasteiger partial charge in [-0.05, 0) is 41.4 Å². The Morgan fingerprint density at radius 1 is 1.28 bits per heavy atom. The summed E-state index contributed by atoms with van der Waals surface area (Å²) < 4.78 is 5.28. The molecule has 0 aliphatic carbocycles. The lowest BCUT2D eigenvalue weighted by molar-refractivity contribution is 0.430. The van der Waals surface area contributed by atoms with Crippen molar-refractivity contribution in [3.05, 3.63) is 29.3 Å². The summed E-state index contributed by atoms with van der Waals surface area (Å²) in [7, 11) is 3.79. The highest BCUT2D eigenvalue weighted by Crippen LogP contribution is 2.24. The second kappa shape index (κ2) is 4.42. The van der Waals surface area contributed by atoms with E-state index in [4.69, 9.17) is 4.52 Å². The molecule has 5 nitrogen and oxygen atoms in total. The van der Waals surface area contributed by atoms with Crippen LogP contribution in [0.2, 0.25) is 0 Å². The summed E-state index contributed by atoms with van der Waals surface area (Å²) in [5, 5.41) is 7.30. The zero-order chi connectivity index (χ0) is 12.5. The Bertz CT molecular complexity index is 562. The van der Waals surface area contributed by atoms with Crippen molar-refractivity contribution in [1.82, 2.24) is 15.5 Å². The Labute approximate surface area is 106 Å². The molecule has 1 aromatic carbocycles. The molecule has 1 aliphatic heterocycles. The SMILES string of the molecule is CN(C)c1noc(-c2ccc3c(c2)CNCC3)n1. The maximum atomic E-state index is 5.28. The third-order valence-corrected chi connectivity index (χ3v) is 3.16. The number of aromatic nitrogens is 2. The molecule has 0 fully saturated rings. The number of hydrogen-bond acceptors (Lipinski definition) is 5. The third kappa shape index (κ3) is 1.97. The van der Waals surface area contributed by atoms with Crippen LogP contribution in [0.1, 0.15) is 11.1 Å². The molecule has 1 N–H and O–H groups in total. The highest BCUT2D eigenvalue weighted by molar-refractivity contribution is 5.57. The first-order chi connectivity index (χ1) is 8.74. The van der Waals surface area contributed by atoms with Crippen molar-refractivity contribution in [2.75, 3.05) is 25.5 Å². The highest BCUT2D eigenvalue weighted by atomic mass is 16.5. The van der Waals surface area contributed by atoms with E-state index in [1.165, 1.54) is 11.1 Å².